The number of hydrogen-bond donors (Lipinski definition) is 4. The molecule has 0 saturated heterocycles. The normalized spacial score (nSPS) is 11.1. The first-order chi connectivity index (χ1) is 14.1. The maximum atomic E-state index is 11.3. The predicted octanol–water partition coefficient (Wildman–Crippen LogP) is 2.80. The molecule has 0 saturated carbocycles. The lowest BCUT2D eigenvalue weighted by Gasteiger charge is -2.07. The molecule has 0 bridgehead atoms. The van der Waals surface area contributed by atoms with E-state index in [-0.39, 0.29) is 4.90 Å². The van der Waals surface area contributed by atoms with Gasteiger partial charge in [0.15, 0.2) is 16.0 Å². The highest BCUT2D eigenvalue weighted by Gasteiger charge is 2.09. The lowest BCUT2D eigenvalue weighted by atomic mass is 9.99. The molecular formula is C19H24N4O4S3. The first-order valence-electron chi connectivity index (χ1n) is 9.00. The molecule has 0 radical (unpaired) electrons. The topological polar surface area (TPSA) is 145 Å². The summed E-state index contributed by atoms with van der Waals surface area (Å²) in [5, 5.41) is 15.1. The highest BCUT2D eigenvalue weighted by molar-refractivity contribution is 7.89. The minimum absolute atomic E-state index is 0.0889. The van der Waals surface area contributed by atoms with Crippen molar-refractivity contribution in [1.82, 2.24) is 4.98 Å². The number of thiazole rings is 1. The van der Waals surface area contributed by atoms with Gasteiger partial charge in [0.1, 0.15) is 0 Å². The summed E-state index contributed by atoms with van der Waals surface area (Å²) >= 11 is 1.51. The fraction of sp³-hybridized carbons (Fsp3) is 0.211. The van der Waals surface area contributed by atoms with Crippen LogP contribution >= 0.6 is 11.3 Å². The molecule has 1 heterocycles. The molecule has 0 atom stereocenters. The summed E-state index contributed by atoms with van der Waals surface area (Å²) in [5.74, 6) is 0. The highest BCUT2D eigenvalue weighted by Crippen LogP contribution is 2.29. The lowest BCUT2D eigenvalue weighted by molar-refractivity contribution is 0.597. The number of primary sulfonamides is 1. The van der Waals surface area contributed by atoms with Gasteiger partial charge >= 0.3 is 0 Å². The van der Waals surface area contributed by atoms with E-state index in [2.05, 4.69) is 47.5 Å². The third-order valence-electron chi connectivity index (χ3n) is 4.20. The van der Waals surface area contributed by atoms with Crippen LogP contribution in [-0.2, 0) is 33.8 Å². The van der Waals surface area contributed by atoms with E-state index >= 15 is 0 Å². The lowest BCUT2D eigenvalue weighted by Crippen LogP contribution is -2.11. The minimum Gasteiger partial charge on any atom is -0.332 e. The molecule has 8 nitrogen and oxygen atoms in total. The van der Waals surface area contributed by atoms with Gasteiger partial charge in [0.2, 0.25) is 10.0 Å². The number of sulfonamides is 1. The van der Waals surface area contributed by atoms with E-state index in [4.69, 9.17) is 13.6 Å². The van der Waals surface area contributed by atoms with Crippen LogP contribution in [0.2, 0.25) is 0 Å². The van der Waals surface area contributed by atoms with Gasteiger partial charge in [-0.1, -0.05) is 26.0 Å². The Morgan fingerprint density at radius 2 is 1.63 bits per heavy atom. The number of anilines is 2. The van der Waals surface area contributed by atoms with Gasteiger partial charge in [-0.15, -0.1) is 11.3 Å². The van der Waals surface area contributed by atoms with E-state index in [0.717, 1.165) is 34.9 Å². The van der Waals surface area contributed by atoms with Crippen molar-refractivity contribution in [2.45, 2.75) is 31.6 Å². The second kappa shape index (κ2) is 10.6. The summed E-state index contributed by atoms with van der Waals surface area (Å²) in [6.45, 7) is 4.33. The van der Waals surface area contributed by atoms with Gasteiger partial charge in [0.05, 0.1) is 10.6 Å². The Hall–Kier alpha value is -2.31. The number of thiol groups is 1. The molecule has 5 N–H and O–H groups in total. The zero-order valence-corrected chi connectivity index (χ0v) is 19.1. The van der Waals surface area contributed by atoms with E-state index < -0.39 is 20.9 Å². The SMILES string of the molecule is CCc1ccc(-c2csc(Nc3ccc(S(N)(=O)=O)cc3)n2)cc1CC.N[SH](=O)=O. The van der Waals surface area contributed by atoms with Crippen LogP contribution in [0.5, 0.6) is 0 Å². The van der Waals surface area contributed by atoms with Crippen molar-refractivity contribution in [3.63, 3.8) is 0 Å². The number of hydrogen-bond acceptors (Lipinski definition) is 7. The number of nitrogens with two attached hydrogens (primary N) is 2. The van der Waals surface area contributed by atoms with Gasteiger partial charge in [-0.3, -0.25) is 0 Å². The zero-order valence-electron chi connectivity index (χ0n) is 16.5. The average molecular weight is 469 g/mol. The summed E-state index contributed by atoms with van der Waals surface area (Å²) < 4.78 is 40.2. The quantitative estimate of drug-likeness (QED) is 0.409. The van der Waals surface area contributed by atoms with E-state index in [1.54, 1.807) is 12.1 Å². The predicted molar refractivity (Wildman–Crippen MR) is 122 cm³/mol. The molecule has 0 unspecified atom stereocenters. The molecule has 0 spiro atoms. The van der Waals surface area contributed by atoms with Crippen LogP contribution in [0.25, 0.3) is 11.3 Å². The number of benzene rings is 2. The van der Waals surface area contributed by atoms with Gasteiger partial charge in [-0.2, -0.15) is 0 Å². The molecule has 0 aliphatic heterocycles. The van der Waals surface area contributed by atoms with Crippen LogP contribution in [0.3, 0.4) is 0 Å². The maximum absolute atomic E-state index is 11.3. The van der Waals surface area contributed by atoms with Gasteiger partial charge in [0.25, 0.3) is 0 Å². The number of rotatable bonds is 6. The Kier molecular flexibility index (Phi) is 8.50. The van der Waals surface area contributed by atoms with Crippen molar-refractivity contribution in [3.05, 3.63) is 59.0 Å². The van der Waals surface area contributed by atoms with E-state index in [9.17, 15) is 8.42 Å². The third kappa shape index (κ3) is 6.89. The van der Waals surface area contributed by atoms with Crippen molar-refractivity contribution in [2.75, 3.05) is 5.32 Å². The van der Waals surface area contributed by atoms with Gasteiger partial charge < -0.3 is 5.32 Å². The Labute approximate surface area is 182 Å². The highest BCUT2D eigenvalue weighted by atomic mass is 32.2. The summed E-state index contributed by atoms with van der Waals surface area (Å²) in [6, 6.07) is 12.8. The second-order valence-electron chi connectivity index (χ2n) is 6.21. The number of nitrogens with zero attached hydrogens (tertiary/aromatic N) is 1. The van der Waals surface area contributed by atoms with Crippen LogP contribution in [0, 0.1) is 0 Å². The summed E-state index contributed by atoms with van der Waals surface area (Å²) in [5.41, 5.74) is 5.52. The molecule has 1 aromatic heterocycles. The molecule has 3 aromatic rings. The first-order valence-corrected chi connectivity index (χ1v) is 12.7. The van der Waals surface area contributed by atoms with Crippen LogP contribution < -0.4 is 15.6 Å². The van der Waals surface area contributed by atoms with Crippen molar-refractivity contribution in [1.29, 1.82) is 0 Å². The van der Waals surface area contributed by atoms with Gasteiger partial charge in [0, 0.05) is 16.6 Å². The molecule has 0 fully saturated rings. The molecule has 3 rings (SSSR count). The number of aromatic nitrogens is 1. The van der Waals surface area contributed by atoms with Gasteiger partial charge in [-0.05, 0) is 54.3 Å². The van der Waals surface area contributed by atoms with E-state index in [0.29, 0.717) is 0 Å². The molecular weight excluding hydrogens is 444 g/mol. The van der Waals surface area contributed by atoms with E-state index in [1.165, 1.54) is 34.6 Å². The fourth-order valence-corrected chi connectivity index (χ4v) is 4.03. The number of aryl methyl sites for hydroxylation is 2. The molecule has 162 valence electrons. The largest absolute Gasteiger partial charge is 0.332 e. The Bertz CT molecular complexity index is 1160. The van der Waals surface area contributed by atoms with E-state index in [1.807, 2.05) is 5.38 Å². The smallest absolute Gasteiger partial charge is 0.238 e. The number of nitrogens with one attached hydrogen (secondary N) is 1. The zero-order chi connectivity index (χ0) is 22.3. The second-order valence-corrected chi connectivity index (χ2v) is 9.20. The Balaban J connectivity index is 0.000000735. The van der Waals surface area contributed by atoms with Crippen LogP contribution in [0.4, 0.5) is 10.8 Å². The minimum atomic E-state index is -3.68. The molecule has 11 heteroatoms. The Morgan fingerprint density at radius 3 is 2.17 bits per heavy atom. The molecule has 2 aromatic carbocycles. The van der Waals surface area contributed by atoms with Crippen molar-refractivity contribution in [2.24, 2.45) is 10.3 Å². The first kappa shape index (κ1) is 24.0. The molecule has 0 aliphatic carbocycles. The summed E-state index contributed by atoms with van der Waals surface area (Å²) in [4.78, 5) is 4.73. The fourth-order valence-electron chi connectivity index (χ4n) is 2.77. The van der Waals surface area contributed by atoms with Gasteiger partial charge in [-0.25, -0.2) is 32.1 Å². The van der Waals surface area contributed by atoms with Crippen LogP contribution in [0.1, 0.15) is 25.0 Å². The maximum Gasteiger partial charge on any atom is 0.238 e. The monoisotopic (exact) mass is 468 g/mol. The molecule has 0 aliphatic rings. The molecule has 0 amide bonds. The molecule has 30 heavy (non-hydrogen) atoms. The van der Waals surface area contributed by atoms with Crippen molar-refractivity contribution in [3.8, 4) is 11.3 Å². The third-order valence-corrected chi connectivity index (χ3v) is 5.89. The Morgan fingerprint density at radius 1 is 1.03 bits per heavy atom. The average Bonchev–Trinajstić information content (AvgIpc) is 3.15. The van der Waals surface area contributed by atoms with Crippen LogP contribution in [0.15, 0.2) is 52.7 Å². The van der Waals surface area contributed by atoms with Crippen molar-refractivity contribution >= 4 is 43.1 Å². The van der Waals surface area contributed by atoms with Crippen molar-refractivity contribution < 1.29 is 16.8 Å². The summed E-state index contributed by atoms with van der Waals surface area (Å²) in [7, 11) is -6.30. The summed E-state index contributed by atoms with van der Waals surface area (Å²) in [6.07, 6.45) is 2.03. The standard InChI is InChI=1S/C19H21N3O2S2.H3NO2S/c1-3-13-5-6-15(11-14(13)4-2)18-12-25-19(22-18)21-16-7-9-17(10-8-16)26(20,23)24;1-4(2)3/h5-12H,3-4H2,1-2H3,(H,21,22)(H2,20,23,24);4H,(H2,1,2,3). The van der Waals surface area contributed by atoms with Crippen LogP contribution in [-0.4, -0.2) is 21.8 Å².